The highest BCUT2D eigenvalue weighted by molar-refractivity contribution is 7.11. The molecule has 1 aromatic carbocycles. The number of aryl methyl sites for hydroxylation is 2. The third-order valence-corrected chi connectivity index (χ3v) is 4.53. The van der Waals surface area contributed by atoms with E-state index in [1.807, 2.05) is 32.2 Å². The van der Waals surface area contributed by atoms with Crippen LogP contribution >= 0.6 is 11.3 Å². The summed E-state index contributed by atoms with van der Waals surface area (Å²) in [7, 11) is 0. The lowest BCUT2D eigenvalue weighted by atomic mass is 10.1. The van der Waals surface area contributed by atoms with Crippen molar-refractivity contribution in [2.24, 2.45) is 0 Å². The zero-order valence-corrected chi connectivity index (χ0v) is 12.8. The summed E-state index contributed by atoms with van der Waals surface area (Å²) in [6.45, 7) is 5.92. The molecule has 0 bridgehead atoms. The molecule has 1 aromatic heterocycles. The molecular weight excluding hydrogens is 270 g/mol. The summed E-state index contributed by atoms with van der Waals surface area (Å²) in [5, 5.41) is 3.86. The Morgan fingerprint density at radius 1 is 1.50 bits per heavy atom. The molecule has 106 valence electrons. The van der Waals surface area contributed by atoms with Gasteiger partial charge < -0.3 is 11.1 Å². The first kappa shape index (κ1) is 14.5. The fourth-order valence-corrected chi connectivity index (χ4v) is 2.76. The number of nitrogens with two attached hydrogens (primary N) is 1. The number of hydrogen-bond acceptors (Lipinski definition) is 4. The van der Waals surface area contributed by atoms with Crippen LogP contribution in [0.1, 0.15) is 45.7 Å². The van der Waals surface area contributed by atoms with Gasteiger partial charge in [0.1, 0.15) is 5.01 Å². The van der Waals surface area contributed by atoms with Crippen LogP contribution in [0.2, 0.25) is 0 Å². The van der Waals surface area contributed by atoms with Gasteiger partial charge in [0, 0.05) is 16.8 Å². The van der Waals surface area contributed by atoms with E-state index in [1.54, 1.807) is 17.4 Å². The predicted octanol–water partition coefficient (Wildman–Crippen LogP) is 3.09. The Hall–Kier alpha value is -1.88. The number of nitrogens with zero attached hydrogens (tertiary/aromatic N) is 1. The average molecular weight is 289 g/mol. The molecule has 20 heavy (non-hydrogen) atoms. The third-order valence-electron chi connectivity index (χ3n) is 3.21. The minimum Gasteiger partial charge on any atom is -0.398 e. The van der Waals surface area contributed by atoms with E-state index in [1.165, 1.54) is 4.88 Å². The van der Waals surface area contributed by atoms with Gasteiger partial charge in [-0.3, -0.25) is 4.79 Å². The molecule has 0 saturated carbocycles. The molecule has 0 fully saturated rings. The minimum absolute atomic E-state index is 0.118. The van der Waals surface area contributed by atoms with Crippen molar-refractivity contribution in [1.29, 1.82) is 0 Å². The number of nitrogen functional groups attached to an aromatic ring is 1. The molecule has 0 saturated heterocycles. The zero-order chi connectivity index (χ0) is 14.7. The third kappa shape index (κ3) is 2.99. The Bertz CT molecular complexity index is 621. The lowest BCUT2D eigenvalue weighted by molar-refractivity contribution is 0.0940. The number of benzene rings is 1. The molecule has 1 unspecified atom stereocenters. The highest BCUT2D eigenvalue weighted by atomic mass is 32.1. The fourth-order valence-electron chi connectivity index (χ4n) is 1.90. The average Bonchev–Trinajstić information content (AvgIpc) is 2.90. The fraction of sp³-hybridized carbons (Fsp3) is 0.333. The minimum atomic E-state index is -0.160. The van der Waals surface area contributed by atoms with Gasteiger partial charge in [-0.2, -0.15) is 0 Å². The van der Waals surface area contributed by atoms with Crippen LogP contribution in [0.15, 0.2) is 24.4 Å². The summed E-state index contributed by atoms with van der Waals surface area (Å²) in [5.74, 6) is -0.160. The number of rotatable bonds is 4. The summed E-state index contributed by atoms with van der Waals surface area (Å²) < 4.78 is 0. The van der Waals surface area contributed by atoms with Crippen molar-refractivity contribution in [3.8, 4) is 0 Å². The Balaban J connectivity index is 2.13. The van der Waals surface area contributed by atoms with Gasteiger partial charge in [0.15, 0.2) is 0 Å². The summed E-state index contributed by atoms with van der Waals surface area (Å²) >= 11 is 1.63. The van der Waals surface area contributed by atoms with Gasteiger partial charge in [-0.25, -0.2) is 4.98 Å². The van der Waals surface area contributed by atoms with E-state index < -0.39 is 0 Å². The van der Waals surface area contributed by atoms with Crippen LogP contribution in [0, 0.1) is 6.92 Å². The monoisotopic (exact) mass is 289 g/mol. The quantitative estimate of drug-likeness (QED) is 0.850. The van der Waals surface area contributed by atoms with Crippen LogP contribution in [-0.4, -0.2) is 10.9 Å². The second kappa shape index (κ2) is 6.05. The SMILES string of the molecule is CCc1cnc(C(C)NC(=O)c2cccc(C)c2N)s1. The maximum Gasteiger partial charge on any atom is 0.253 e. The second-order valence-electron chi connectivity index (χ2n) is 4.75. The lowest BCUT2D eigenvalue weighted by Gasteiger charge is -2.13. The molecule has 1 amide bonds. The van der Waals surface area contributed by atoms with Gasteiger partial charge in [0.05, 0.1) is 11.6 Å². The number of amides is 1. The maximum absolute atomic E-state index is 12.3. The molecule has 2 aromatic rings. The van der Waals surface area contributed by atoms with Gasteiger partial charge in [-0.15, -0.1) is 11.3 Å². The molecular formula is C15H19N3OS. The number of nitrogens with one attached hydrogen (secondary N) is 1. The van der Waals surface area contributed by atoms with E-state index in [0.29, 0.717) is 11.3 Å². The van der Waals surface area contributed by atoms with E-state index in [4.69, 9.17) is 5.73 Å². The van der Waals surface area contributed by atoms with Gasteiger partial charge in [0.2, 0.25) is 0 Å². The number of anilines is 1. The van der Waals surface area contributed by atoms with E-state index in [-0.39, 0.29) is 11.9 Å². The van der Waals surface area contributed by atoms with E-state index in [0.717, 1.165) is 17.0 Å². The number of hydrogen-bond donors (Lipinski definition) is 2. The first-order valence-electron chi connectivity index (χ1n) is 6.63. The van der Waals surface area contributed by atoms with Gasteiger partial charge >= 0.3 is 0 Å². The van der Waals surface area contributed by atoms with Crippen molar-refractivity contribution in [2.75, 3.05) is 5.73 Å². The Morgan fingerprint density at radius 2 is 2.25 bits per heavy atom. The summed E-state index contributed by atoms with van der Waals surface area (Å²) in [6.07, 6.45) is 2.83. The standard InChI is InChI=1S/C15H19N3OS/c1-4-11-8-17-15(20-11)10(3)18-14(19)12-7-5-6-9(2)13(12)16/h5-8,10H,4,16H2,1-3H3,(H,18,19). The summed E-state index contributed by atoms with van der Waals surface area (Å²) in [5.41, 5.74) is 7.91. The summed E-state index contributed by atoms with van der Waals surface area (Å²) in [6, 6.07) is 5.35. The first-order chi connectivity index (χ1) is 9.52. The van der Waals surface area contributed by atoms with Crippen LogP contribution in [0.5, 0.6) is 0 Å². The highest BCUT2D eigenvalue weighted by Gasteiger charge is 2.16. The van der Waals surface area contributed by atoms with Crippen LogP contribution < -0.4 is 11.1 Å². The molecule has 0 aliphatic rings. The Labute approximate surface area is 123 Å². The lowest BCUT2D eigenvalue weighted by Crippen LogP contribution is -2.27. The molecule has 0 aliphatic heterocycles. The highest BCUT2D eigenvalue weighted by Crippen LogP contribution is 2.22. The van der Waals surface area contributed by atoms with Crippen molar-refractivity contribution in [3.05, 3.63) is 45.4 Å². The van der Waals surface area contributed by atoms with Crippen LogP contribution in [0.4, 0.5) is 5.69 Å². The molecule has 2 rings (SSSR count). The molecule has 0 spiro atoms. The first-order valence-corrected chi connectivity index (χ1v) is 7.45. The Morgan fingerprint density at radius 3 is 2.90 bits per heavy atom. The largest absolute Gasteiger partial charge is 0.398 e. The molecule has 1 heterocycles. The van der Waals surface area contributed by atoms with Crippen LogP contribution in [-0.2, 0) is 6.42 Å². The zero-order valence-electron chi connectivity index (χ0n) is 11.9. The van der Waals surface area contributed by atoms with Gasteiger partial charge in [0.25, 0.3) is 5.91 Å². The molecule has 0 aliphatic carbocycles. The van der Waals surface area contributed by atoms with E-state index >= 15 is 0 Å². The maximum atomic E-state index is 12.3. The van der Waals surface area contributed by atoms with Crippen molar-refractivity contribution in [2.45, 2.75) is 33.2 Å². The smallest absolute Gasteiger partial charge is 0.253 e. The molecule has 5 heteroatoms. The van der Waals surface area contributed by atoms with Gasteiger partial charge in [-0.1, -0.05) is 19.1 Å². The molecule has 0 radical (unpaired) electrons. The van der Waals surface area contributed by atoms with E-state index in [9.17, 15) is 4.79 Å². The predicted molar refractivity (Wildman–Crippen MR) is 83.0 cm³/mol. The topological polar surface area (TPSA) is 68.0 Å². The number of carbonyl (C=O) groups excluding carboxylic acids is 1. The molecule has 3 N–H and O–H groups in total. The Kier molecular flexibility index (Phi) is 4.39. The van der Waals surface area contributed by atoms with Crippen molar-refractivity contribution < 1.29 is 4.79 Å². The summed E-state index contributed by atoms with van der Waals surface area (Å²) in [4.78, 5) is 17.8. The van der Waals surface area contributed by atoms with Gasteiger partial charge in [-0.05, 0) is 31.9 Å². The number of thiazole rings is 1. The second-order valence-corrected chi connectivity index (χ2v) is 5.90. The molecule has 4 nitrogen and oxygen atoms in total. The number of aromatic nitrogens is 1. The number of para-hydroxylation sites is 1. The molecule has 1 atom stereocenters. The van der Waals surface area contributed by atoms with Crippen LogP contribution in [0.25, 0.3) is 0 Å². The van der Waals surface area contributed by atoms with Crippen molar-refractivity contribution >= 4 is 22.9 Å². The normalized spacial score (nSPS) is 12.2. The van der Waals surface area contributed by atoms with Crippen LogP contribution in [0.3, 0.4) is 0 Å². The number of carbonyl (C=O) groups is 1. The van der Waals surface area contributed by atoms with Crippen molar-refractivity contribution in [3.63, 3.8) is 0 Å². The van der Waals surface area contributed by atoms with E-state index in [2.05, 4.69) is 17.2 Å². The van der Waals surface area contributed by atoms with Crippen molar-refractivity contribution in [1.82, 2.24) is 10.3 Å².